The summed E-state index contributed by atoms with van der Waals surface area (Å²) in [4.78, 5) is 29.8. The fourth-order valence-corrected chi connectivity index (χ4v) is 6.82. The van der Waals surface area contributed by atoms with Gasteiger partial charge < -0.3 is 19.7 Å². The minimum absolute atomic E-state index is 0.00312. The van der Waals surface area contributed by atoms with E-state index in [4.69, 9.17) is 32.7 Å². The van der Waals surface area contributed by atoms with E-state index in [1.54, 1.807) is 36.4 Å². The summed E-state index contributed by atoms with van der Waals surface area (Å²) >= 11 is 12.5. The lowest BCUT2D eigenvalue weighted by Crippen LogP contribution is -2.53. The predicted octanol–water partition coefficient (Wildman–Crippen LogP) is 6.62. The average molecular weight is 713 g/mol. The molecule has 4 aromatic carbocycles. The standard InChI is InChI=1S/C36H39Cl2N3O6S/c1-25(2)22-39-36(43)32(20-26-9-6-5-7-10-26)40(23-27-11-8-12-29(38)19-27)35(42)24-41(30-15-13-28(37)14-16-30)48(44,45)31-17-18-33(46-3)34(21-31)47-4/h5-19,21,25,32H,20,22-24H2,1-4H3,(H,39,43)/t32-/m1/s1. The molecule has 0 bridgehead atoms. The molecule has 0 saturated heterocycles. The highest BCUT2D eigenvalue weighted by molar-refractivity contribution is 7.92. The molecular weight excluding hydrogens is 673 g/mol. The van der Waals surface area contributed by atoms with E-state index in [9.17, 15) is 18.0 Å². The van der Waals surface area contributed by atoms with Crippen molar-refractivity contribution in [2.75, 3.05) is 31.6 Å². The van der Waals surface area contributed by atoms with Crippen molar-refractivity contribution < 1.29 is 27.5 Å². The number of nitrogens with zero attached hydrogens (tertiary/aromatic N) is 2. The number of anilines is 1. The number of nitrogens with one attached hydrogen (secondary N) is 1. The minimum atomic E-state index is -4.37. The lowest BCUT2D eigenvalue weighted by Gasteiger charge is -2.34. The van der Waals surface area contributed by atoms with Gasteiger partial charge in [0.05, 0.1) is 24.8 Å². The van der Waals surface area contributed by atoms with Crippen LogP contribution in [-0.4, -0.2) is 58.5 Å². The van der Waals surface area contributed by atoms with Crippen molar-refractivity contribution in [2.24, 2.45) is 5.92 Å². The smallest absolute Gasteiger partial charge is 0.264 e. The maximum Gasteiger partial charge on any atom is 0.264 e. The molecule has 48 heavy (non-hydrogen) atoms. The summed E-state index contributed by atoms with van der Waals surface area (Å²) in [6.07, 6.45) is 0.195. The molecule has 0 aliphatic rings. The molecule has 4 rings (SSSR count). The van der Waals surface area contributed by atoms with E-state index in [0.29, 0.717) is 27.9 Å². The molecule has 0 aliphatic heterocycles. The number of hydrogen-bond donors (Lipinski definition) is 1. The third kappa shape index (κ3) is 9.43. The molecule has 0 heterocycles. The van der Waals surface area contributed by atoms with E-state index < -0.39 is 28.5 Å². The molecule has 0 unspecified atom stereocenters. The van der Waals surface area contributed by atoms with Crippen LogP contribution in [0, 0.1) is 5.92 Å². The SMILES string of the molecule is COc1ccc(S(=O)(=O)N(CC(=O)N(Cc2cccc(Cl)c2)[C@H](Cc2ccccc2)C(=O)NCC(C)C)c2ccc(Cl)cc2)cc1OC. The number of rotatable bonds is 15. The third-order valence-corrected chi connectivity index (χ3v) is 9.79. The van der Waals surface area contributed by atoms with Crippen LogP contribution < -0.4 is 19.1 Å². The number of halogens is 2. The van der Waals surface area contributed by atoms with Gasteiger partial charge in [-0.25, -0.2) is 8.42 Å². The lowest BCUT2D eigenvalue weighted by atomic mass is 10.0. The van der Waals surface area contributed by atoms with Crippen LogP contribution in [-0.2, 0) is 32.6 Å². The molecule has 4 aromatic rings. The molecule has 12 heteroatoms. The fourth-order valence-electron chi connectivity index (χ4n) is 5.05. The third-order valence-electron chi connectivity index (χ3n) is 7.53. The maximum atomic E-state index is 14.6. The lowest BCUT2D eigenvalue weighted by molar-refractivity contribution is -0.140. The summed E-state index contributed by atoms with van der Waals surface area (Å²) in [6, 6.07) is 25.7. The van der Waals surface area contributed by atoms with Gasteiger partial charge in [-0.2, -0.15) is 0 Å². The number of carbonyl (C=O) groups excluding carboxylic acids is 2. The van der Waals surface area contributed by atoms with Crippen molar-refractivity contribution in [3.63, 3.8) is 0 Å². The van der Waals surface area contributed by atoms with Gasteiger partial charge in [0.1, 0.15) is 12.6 Å². The summed E-state index contributed by atoms with van der Waals surface area (Å²) in [6.45, 7) is 3.72. The van der Waals surface area contributed by atoms with Gasteiger partial charge in [0.15, 0.2) is 11.5 Å². The van der Waals surface area contributed by atoms with Crippen LogP contribution in [0.1, 0.15) is 25.0 Å². The Labute approximate surface area is 292 Å². The van der Waals surface area contributed by atoms with E-state index in [2.05, 4.69) is 5.32 Å². The van der Waals surface area contributed by atoms with Crippen molar-refractivity contribution in [3.05, 3.63) is 118 Å². The Morgan fingerprint density at radius 2 is 1.46 bits per heavy atom. The second-order valence-corrected chi connectivity index (χ2v) is 14.2. The first-order valence-electron chi connectivity index (χ1n) is 15.3. The van der Waals surface area contributed by atoms with Crippen molar-refractivity contribution in [1.29, 1.82) is 0 Å². The zero-order chi connectivity index (χ0) is 34.8. The van der Waals surface area contributed by atoms with Crippen LogP contribution in [0.25, 0.3) is 0 Å². The van der Waals surface area contributed by atoms with Crippen molar-refractivity contribution in [3.8, 4) is 11.5 Å². The number of amides is 2. The zero-order valence-electron chi connectivity index (χ0n) is 27.2. The highest BCUT2D eigenvalue weighted by atomic mass is 35.5. The van der Waals surface area contributed by atoms with Crippen LogP contribution >= 0.6 is 23.2 Å². The van der Waals surface area contributed by atoms with Gasteiger partial charge in [0.2, 0.25) is 11.8 Å². The molecule has 0 aromatic heterocycles. The number of benzene rings is 4. The molecule has 0 spiro atoms. The largest absolute Gasteiger partial charge is 0.493 e. The van der Waals surface area contributed by atoms with E-state index in [-0.39, 0.29) is 41.1 Å². The Morgan fingerprint density at radius 1 is 0.792 bits per heavy atom. The Kier molecular flexibility index (Phi) is 12.7. The summed E-state index contributed by atoms with van der Waals surface area (Å²) in [5.74, 6) is -0.253. The maximum absolute atomic E-state index is 14.6. The van der Waals surface area contributed by atoms with Crippen molar-refractivity contribution >= 4 is 50.7 Å². The Balaban J connectivity index is 1.82. The highest BCUT2D eigenvalue weighted by Crippen LogP contribution is 2.33. The molecule has 1 N–H and O–H groups in total. The number of ether oxygens (including phenoxy) is 2. The summed E-state index contributed by atoms with van der Waals surface area (Å²) < 4.78 is 40.4. The van der Waals surface area contributed by atoms with Crippen LogP contribution in [0.5, 0.6) is 11.5 Å². The van der Waals surface area contributed by atoms with Crippen LogP contribution in [0.4, 0.5) is 5.69 Å². The topological polar surface area (TPSA) is 105 Å². The van der Waals surface area contributed by atoms with Gasteiger partial charge >= 0.3 is 0 Å². The number of carbonyl (C=O) groups is 2. The van der Waals surface area contributed by atoms with Gasteiger partial charge in [-0.1, -0.05) is 79.5 Å². The molecule has 1 atom stereocenters. The van der Waals surface area contributed by atoms with Crippen LogP contribution in [0.15, 0.2) is 102 Å². The molecule has 254 valence electrons. The van der Waals surface area contributed by atoms with Gasteiger partial charge in [-0.05, 0) is 65.6 Å². The van der Waals surface area contributed by atoms with Gasteiger partial charge in [-0.3, -0.25) is 13.9 Å². The molecule has 9 nitrogen and oxygen atoms in total. The molecule has 0 fully saturated rings. The first-order chi connectivity index (χ1) is 22.9. The number of sulfonamides is 1. The van der Waals surface area contributed by atoms with Crippen molar-refractivity contribution in [2.45, 2.75) is 37.8 Å². The quantitative estimate of drug-likeness (QED) is 0.149. The summed E-state index contributed by atoms with van der Waals surface area (Å²) in [7, 11) is -1.52. The highest BCUT2D eigenvalue weighted by Gasteiger charge is 2.35. The van der Waals surface area contributed by atoms with Gasteiger partial charge in [0.25, 0.3) is 10.0 Å². The van der Waals surface area contributed by atoms with E-state index in [1.165, 1.54) is 49.5 Å². The van der Waals surface area contributed by atoms with Gasteiger partial charge in [-0.15, -0.1) is 0 Å². The number of hydrogen-bond acceptors (Lipinski definition) is 6. The van der Waals surface area contributed by atoms with Crippen molar-refractivity contribution in [1.82, 2.24) is 10.2 Å². The molecule has 0 saturated carbocycles. The number of methoxy groups -OCH3 is 2. The second kappa shape index (κ2) is 16.7. The predicted molar refractivity (Wildman–Crippen MR) is 189 cm³/mol. The second-order valence-electron chi connectivity index (χ2n) is 11.5. The average Bonchev–Trinajstić information content (AvgIpc) is 3.08. The molecule has 2 amide bonds. The Hall–Kier alpha value is -4.25. The molecule has 0 aliphatic carbocycles. The van der Waals surface area contributed by atoms with E-state index in [0.717, 1.165) is 9.87 Å². The summed E-state index contributed by atoms with van der Waals surface area (Å²) in [5.41, 5.74) is 1.71. The van der Waals surface area contributed by atoms with E-state index in [1.807, 2.05) is 44.2 Å². The first kappa shape index (κ1) is 36.6. The molecular formula is C36H39Cl2N3O6S. The van der Waals surface area contributed by atoms with Crippen LogP contribution in [0.3, 0.4) is 0 Å². The Bertz CT molecular complexity index is 1800. The first-order valence-corrected chi connectivity index (χ1v) is 17.5. The monoisotopic (exact) mass is 711 g/mol. The fraction of sp³-hybridized carbons (Fsp3) is 0.278. The van der Waals surface area contributed by atoms with Crippen LogP contribution in [0.2, 0.25) is 10.0 Å². The Morgan fingerprint density at radius 3 is 2.08 bits per heavy atom. The summed E-state index contributed by atoms with van der Waals surface area (Å²) in [5, 5.41) is 3.83. The normalized spacial score (nSPS) is 11.9. The zero-order valence-corrected chi connectivity index (χ0v) is 29.6. The minimum Gasteiger partial charge on any atom is -0.493 e. The van der Waals surface area contributed by atoms with Gasteiger partial charge in [0, 0.05) is 35.6 Å². The molecule has 0 radical (unpaired) electrons. The van der Waals surface area contributed by atoms with E-state index >= 15 is 0 Å².